The van der Waals surface area contributed by atoms with Gasteiger partial charge in [0, 0.05) is 25.4 Å². The second-order valence-corrected chi connectivity index (χ2v) is 6.34. The Kier molecular flexibility index (Phi) is 4.84. The molecule has 1 aromatic carbocycles. The van der Waals surface area contributed by atoms with E-state index in [1.54, 1.807) is 32.9 Å². The van der Waals surface area contributed by atoms with Crippen molar-refractivity contribution in [1.82, 2.24) is 14.7 Å². The van der Waals surface area contributed by atoms with Gasteiger partial charge in [-0.25, -0.2) is 9.07 Å². The summed E-state index contributed by atoms with van der Waals surface area (Å²) in [7, 11) is 1.47. The van der Waals surface area contributed by atoms with Crippen molar-refractivity contribution in [3.05, 3.63) is 57.8 Å². The molecule has 128 valence electrons. The second kappa shape index (κ2) is 6.52. The molecular formula is C17H20FN3O3. The lowest BCUT2D eigenvalue weighted by molar-refractivity contribution is 0.0363. The van der Waals surface area contributed by atoms with E-state index in [1.165, 1.54) is 34.8 Å². The highest BCUT2D eigenvalue weighted by molar-refractivity contribution is 5.92. The molecule has 0 aliphatic rings. The lowest BCUT2D eigenvalue weighted by Crippen LogP contribution is -2.42. The van der Waals surface area contributed by atoms with Crippen molar-refractivity contribution in [3.8, 4) is 5.69 Å². The van der Waals surface area contributed by atoms with Crippen LogP contribution in [0.1, 0.15) is 30.0 Å². The molecule has 24 heavy (non-hydrogen) atoms. The number of amides is 1. The summed E-state index contributed by atoms with van der Waals surface area (Å²) in [5.74, 6) is -1.15. The van der Waals surface area contributed by atoms with E-state index in [0.717, 1.165) is 0 Å². The van der Waals surface area contributed by atoms with Gasteiger partial charge in [-0.2, -0.15) is 5.10 Å². The Morgan fingerprint density at radius 3 is 2.58 bits per heavy atom. The van der Waals surface area contributed by atoms with Crippen molar-refractivity contribution in [2.75, 3.05) is 13.6 Å². The Hall–Kier alpha value is -2.54. The first-order valence-corrected chi connectivity index (χ1v) is 7.44. The number of hydrogen-bond donors (Lipinski definition) is 1. The van der Waals surface area contributed by atoms with Gasteiger partial charge < -0.3 is 10.0 Å². The van der Waals surface area contributed by atoms with Crippen LogP contribution >= 0.6 is 0 Å². The van der Waals surface area contributed by atoms with Crippen molar-refractivity contribution in [2.24, 2.45) is 0 Å². The standard InChI is InChI=1S/C17H20FN3O3/c1-11-9-14(22)15(16(23)20(4)10-17(2,3)24)19-21(11)13-8-6-5-7-12(13)18/h5-9,24H,10H2,1-4H3. The smallest absolute Gasteiger partial charge is 0.278 e. The average Bonchev–Trinajstić information content (AvgIpc) is 2.46. The number of aliphatic hydroxyl groups is 1. The van der Waals surface area contributed by atoms with E-state index in [4.69, 9.17) is 0 Å². The van der Waals surface area contributed by atoms with E-state index in [2.05, 4.69) is 5.10 Å². The topological polar surface area (TPSA) is 75.4 Å². The van der Waals surface area contributed by atoms with Gasteiger partial charge in [-0.15, -0.1) is 0 Å². The zero-order chi connectivity index (χ0) is 18.1. The van der Waals surface area contributed by atoms with Crippen LogP contribution in [0.25, 0.3) is 5.69 Å². The molecule has 0 atom stereocenters. The fourth-order valence-electron chi connectivity index (χ4n) is 2.40. The molecule has 0 saturated heterocycles. The molecular weight excluding hydrogens is 313 g/mol. The van der Waals surface area contributed by atoms with Gasteiger partial charge in [0.05, 0.1) is 5.60 Å². The number of nitrogens with zero attached hydrogens (tertiary/aromatic N) is 3. The molecule has 0 aliphatic heterocycles. The number of carbonyl (C=O) groups is 1. The second-order valence-electron chi connectivity index (χ2n) is 6.34. The maximum atomic E-state index is 14.0. The third kappa shape index (κ3) is 3.86. The van der Waals surface area contributed by atoms with Crippen LogP contribution in [0, 0.1) is 12.7 Å². The maximum Gasteiger partial charge on any atom is 0.278 e. The predicted octanol–water partition coefficient (Wildman–Crippen LogP) is 1.52. The number of rotatable bonds is 4. The van der Waals surface area contributed by atoms with Crippen molar-refractivity contribution < 1.29 is 14.3 Å². The van der Waals surface area contributed by atoms with Crippen LogP contribution in [0.15, 0.2) is 35.1 Å². The number of hydrogen-bond acceptors (Lipinski definition) is 4. The number of aryl methyl sites for hydroxylation is 1. The van der Waals surface area contributed by atoms with Crippen LogP contribution in [0.5, 0.6) is 0 Å². The molecule has 1 N–H and O–H groups in total. The van der Waals surface area contributed by atoms with Gasteiger partial charge in [0.1, 0.15) is 11.5 Å². The molecule has 0 fully saturated rings. The number of benzene rings is 1. The Balaban J connectivity index is 2.49. The van der Waals surface area contributed by atoms with E-state index < -0.39 is 22.8 Å². The summed E-state index contributed by atoms with van der Waals surface area (Å²) in [6.07, 6.45) is 0. The van der Waals surface area contributed by atoms with Gasteiger partial charge in [-0.1, -0.05) is 12.1 Å². The number of para-hydroxylation sites is 1. The van der Waals surface area contributed by atoms with Gasteiger partial charge in [-0.3, -0.25) is 9.59 Å². The summed E-state index contributed by atoms with van der Waals surface area (Å²) in [4.78, 5) is 25.8. The SMILES string of the molecule is Cc1cc(=O)c(C(=O)N(C)CC(C)(C)O)nn1-c1ccccc1F. The third-order valence-electron chi connectivity index (χ3n) is 3.36. The normalized spacial score (nSPS) is 11.4. The summed E-state index contributed by atoms with van der Waals surface area (Å²) in [5, 5.41) is 13.9. The summed E-state index contributed by atoms with van der Waals surface area (Å²) in [5.41, 5.74) is -1.43. The van der Waals surface area contributed by atoms with Crippen LogP contribution in [0.3, 0.4) is 0 Å². The molecule has 1 amide bonds. The van der Waals surface area contributed by atoms with Crippen molar-refractivity contribution in [3.63, 3.8) is 0 Å². The van der Waals surface area contributed by atoms with Crippen LogP contribution in [0.2, 0.25) is 0 Å². The Morgan fingerprint density at radius 1 is 1.38 bits per heavy atom. The summed E-state index contributed by atoms with van der Waals surface area (Å²) < 4.78 is 15.2. The summed E-state index contributed by atoms with van der Waals surface area (Å²) >= 11 is 0. The van der Waals surface area contributed by atoms with Crippen LogP contribution < -0.4 is 5.43 Å². The summed E-state index contributed by atoms with van der Waals surface area (Å²) in [6, 6.07) is 7.20. The maximum absolute atomic E-state index is 14.0. The monoisotopic (exact) mass is 333 g/mol. The Bertz CT molecular complexity index is 825. The molecule has 0 spiro atoms. The molecule has 6 nitrogen and oxygen atoms in total. The van der Waals surface area contributed by atoms with Gasteiger partial charge in [0.15, 0.2) is 5.69 Å². The van der Waals surface area contributed by atoms with E-state index in [0.29, 0.717) is 5.69 Å². The zero-order valence-electron chi connectivity index (χ0n) is 14.1. The highest BCUT2D eigenvalue weighted by atomic mass is 19.1. The number of aromatic nitrogens is 2. The van der Waals surface area contributed by atoms with Crippen molar-refractivity contribution >= 4 is 5.91 Å². The fraction of sp³-hybridized carbons (Fsp3) is 0.353. The van der Waals surface area contributed by atoms with Gasteiger partial charge in [0.2, 0.25) is 5.43 Å². The van der Waals surface area contributed by atoms with Gasteiger partial charge in [0.25, 0.3) is 5.91 Å². The molecule has 2 aromatic rings. The first-order chi connectivity index (χ1) is 11.1. The van der Waals surface area contributed by atoms with Gasteiger partial charge in [-0.05, 0) is 32.9 Å². The molecule has 1 aromatic heterocycles. The fourth-order valence-corrected chi connectivity index (χ4v) is 2.40. The number of carbonyl (C=O) groups excluding carboxylic acids is 1. The van der Waals surface area contributed by atoms with E-state index in [-0.39, 0.29) is 17.9 Å². The van der Waals surface area contributed by atoms with Crippen LogP contribution in [-0.4, -0.2) is 44.9 Å². The lowest BCUT2D eigenvalue weighted by Gasteiger charge is -2.25. The molecule has 0 radical (unpaired) electrons. The van der Waals surface area contributed by atoms with E-state index in [1.807, 2.05) is 0 Å². The third-order valence-corrected chi connectivity index (χ3v) is 3.36. The van der Waals surface area contributed by atoms with Crippen molar-refractivity contribution in [2.45, 2.75) is 26.4 Å². The van der Waals surface area contributed by atoms with Gasteiger partial charge >= 0.3 is 0 Å². The van der Waals surface area contributed by atoms with Crippen molar-refractivity contribution in [1.29, 1.82) is 0 Å². The van der Waals surface area contributed by atoms with E-state index in [9.17, 15) is 19.1 Å². The minimum Gasteiger partial charge on any atom is -0.389 e. The molecule has 0 saturated carbocycles. The largest absolute Gasteiger partial charge is 0.389 e. The zero-order valence-corrected chi connectivity index (χ0v) is 14.1. The molecule has 0 unspecified atom stereocenters. The first kappa shape index (κ1) is 17.8. The Labute approximate surface area is 139 Å². The minimum atomic E-state index is -1.11. The number of halogens is 1. The van der Waals surface area contributed by atoms with Crippen LogP contribution in [-0.2, 0) is 0 Å². The lowest BCUT2D eigenvalue weighted by atomic mass is 10.1. The molecule has 0 bridgehead atoms. The predicted molar refractivity (Wildman–Crippen MR) is 87.8 cm³/mol. The molecule has 1 heterocycles. The molecule has 0 aliphatic carbocycles. The number of likely N-dealkylation sites (N-methyl/N-ethyl adjacent to an activating group) is 1. The highest BCUT2D eigenvalue weighted by Gasteiger charge is 2.24. The average molecular weight is 333 g/mol. The molecule has 2 rings (SSSR count). The summed E-state index contributed by atoms with van der Waals surface area (Å²) in [6.45, 7) is 4.74. The highest BCUT2D eigenvalue weighted by Crippen LogP contribution is 2.13. The quantitative estimate of drug-likeness (QED) is 0.920. The molecule has 7 heteroatoms. The van der Waals surface area contributed by atoms with E-state index >= 15 is 0 Å². The minimum absolute atomic E-state index is 0.0283. The first-order valence-electron chi connectivity index (χ1n) is 7.44. The van der Waals surface area contributed by atoms with Crippen LogP contribution in [0.4, 0.5) is 4.39 Å². The Morgan fingerprint density at radius 2 is 2.00 bits per heavy atom.